The van der Waals surface area contributed by atoms with E-state index in [1.54, 1.807) is 42.5 Å². The largest absolute Gasteiger partial charge is 0.494 e. The number of unbranched alkanes of at least 4 members (excludes halogenated alkanes) is 3. The van der Waals surface area contributed by atoms with Gasteiger partial charge in [0.25, 0.3) is 5.91 Å². The summed E-state index contributed by atoms with van der Waals surface area (Å²) in [7, 11) is 0. The number of aromatic amines is 1. The number of H-pyrrole nitrogens is 1. The zero-order chi connectivity index (χ0) is 21.5. The highest BCUT2D eigenvalue weighted by atomic mass is 16.6. The van der Waals surface area contributed by atoms with Gasteiger partial charge in [0, 0.05) is 5.56 Å². The second-order valence-electron chi connectivity index (χ2n) is 7.21. The number of carbonyl (C=O) groups is 1. The fourth-order valence-electron chi connectivity index (χ4n) is 3.24. The third-order valence-electron chi connectivity index (χ3n) is 4.91. The van der Waals surface area contributed by atoms with Crippen molar-refractivity contribution in [3.8, 4) is 17.2 Å². The molecule has 1 amide bonds. The van der Waals surface area contributed by atoms with Crippen molar-refractivity contribution >= 4 is 11.6 Å². The van der Waals surface area contributed by atoms with Gasteiger partial charge in [-0.1, -0.05) is 37.5 Å². The molecule has 1 aliphatic heterocycles. The van der Waals surface area contributed by atoms with E-state index in [4.69, 9.17) is 14.2 Å². The fourth-order valence-corrected chi connectivity index (χ4v) is 3.24. The van der Waals surface area contributed by atoms with Crippen molar-refractivity contribution in [1.82, 2.24) is 20.6 Å². The Morgan fingerprint density at radius 3 is 2.84 bits per heavy atom. The van der Waals surface area contributed by atoms with Crippen LogP contribution in [0.25, 0.3) is 0 Å². The highest BCUT2D eigenvalue weighted by Gasteiger charge is 2.28. The summed E-state index contributed by atoms with van der Waals surface area (Å²) >= 11 is 0. The number of ether oxygens (including phenoxy) is 3. The van der Waals surface area contributed by atoms with E-state index in [2.05, 4.69) is 32.9 Å². The maximum absolute atomic E-state index is 12.8. The minimum Gasteiger partial charge on any atom is -0.494 e. The molecule has 0 spiro atoms. The molecule has 0 fully saturated rings. The van der Waals surface area contributed by atoms with Gasteiger partial charge in [-0.05, 0) is 42.8 Å². The summed E-state index contributed by atoms with van der Waals surface area (Å²) in [6.45, 7) is 3.12. The quantitative estimate of drug-likeness (QED) is 0.502. The molecule has 2 heterocycles. The molecule has 31 heavy (non-hydrogen) atoms. The maximum atomic E-state index is 12.8. The number of benzene rings is 2. The van der Waals surface area contributed by atoms with Crippen LogP contribution in [0, 0.1) is 0 Å². The predicted octanol–water partition coefficient (Wildman–Crippen LogP) is 3.92. The predicted molar refractivity (Wildman–Crippen MR) is 114 cm³/mol. The van der Waals surface area contributed by atoms with E-state index in [-0.39, 0.29) is 12.5 Å². The average molecular weight is 423 g/mol. The first-order valence-corrected chi connectivity index (χ1v) is 10.4. The molecule has 1 aromatic heterocycles. The Morgan fingerprint density at radius 2 is 2.06 bits per heavy atom. The van der Waals surface area contributed by atoms with E-state index in [0.717, 1.165) is 18.6 Å². The van der Waals surface area contributed by atoms with E-state index in [1.165, 1.54) is 12.8 Å². The number of anilines is 1. The summed E-state index contributed by atoms with van der Waals surface area (Å²) in [5, 5.41) is 16.7. The summed E-state index contributed by atoms with van der Waals surface area (Å²) in [6, 6.07) is 12.4. The van der Waals surface area contributed by atoms with Crippen molar-refractivity contribution in [1.29, 1.82) is 0 Å². The Labute approximate surface area is 180 Å². The van der Waals surface area contributed by atoms with Crippen molar-refractivity contribution in [2.24, 2.45) is 0 Å². The van der Waals surface area contributed by atoms with Gasteiger partial charge in [-0.2, -0.15) is 5.21 Å². The highest BCUT2D eigenvalue weighted by Crippen LogP contribution is 2.41. The van der Waals surface area contributed by atoms with Crippen LogP contribution in [0.5, 0.6) is 17.2 Å². The lowest BCUT2D eigenvalue weighted by molar-refractivity contribution is 0.0856. The van der Waals surface area contributed by atoms with Gasteiger partial charge in [-0.25, -0.2) is 0 Å². The Hall–Kier alpha value is -3.62. The molecule has 2 aromatic carbocycles. The second-order valence-corrected chi connectivity index (χ2v) is 7.21. The first-order chi connectivity index (χ1) is 15.2. The van der Waals surface area contributed by atoms with E-state index < -0.39 is 6.10 Å². The Balaban J connectivity index is 1.39. The molecule has 0 bridgehead atoms. The van der Waals surface area contributed by atoms with Gasteiger partial charge in [0.1, 0.15) is 12.4 Å². The molecule has 162 valence electrons. The number of amides is 1. The molecular formula is C22H25N5O4. The van der Waals surface area contributed by atoms with Crippen LogP contribution < -0.4 is 19.5 Å². The molecule has 3 aromatic rings. The fraction of sp³-hybridized carbons (Fsp3) is 0.364. The van der Waals surface area contributed by atoms with Crippen LogP contribution in [0.2, 0.25) is 0 Å². The summed E-state index contributed by atoms with van der Waals surface area (Å²) < 4.78 is 17.5. The standard InChI is InChI=1S/C22H25N5O4/c1-2-3-4-5-13-29-16-11-9-15(10-12-16)22(28)23-17-7-6-8-18-20(17)31-19(14-30-18)21-24-26-27-25-21/h6-12,19H,2-5,13-14H2,1H3,(H,23,28)(H,24,25,26,27). The molecule has 9 nitrogen and oxygen atoms in total. The second kappa shape index (κ2) is 9.92. The number of fused-ring (bicyclic) bond motifs is 1. The van der Waals surface area contributed by atoms with Gasteiger partial charge in [-0.3, -0.25) is 4.79 Å². The Kier molecular flexibility index (Phi) is 6.61. The van der Waals surface area contributed by atoms with Crippen LogP contribution in [-0.4, -0.2) is 39.7 Å². The van der Waals surface area contributed by atoms with Crippen molar-refractivity contribution in [3.05, 3.63) is 53.9 Å². The molecule has 2 N–H and O–H groups in total. The minimum absolute atomic E-state index is 0.254. The van der Waals surface area contributed by atoms with Gasteiger partial charge in [0.2, 0.25) is 5.82 Å². The van der Waals surface area contributed by atoms with Gasteiger partial charge in [0.15, 0.2) is 17.6 Å². The molecule has 4 rings (SSSR count). The van der Waals surface area contributed by atoms with Gasteiger partial charge >= 0.3 is 0 Å². The third-order valence-corrected chi connectivity index (χ3v) is 4.91. The molecule has 1 atom stereocenters. The first kappa shape index (κ1) is 20.6. The number of aromatic nitrogens is 4. The van der Waals surface area contributed by atoms with Gasteiger partial charge < -0.3 is 19.5 Å². The molecule has 0 saturated heterocycles. The van der Waals surface area contributed by atoms with Crippen molar-refractivity contribution < 1.29 is 19.0 Å². The van der Waals surface area contributed by atoms with Crippen LogP contribution in [0.3, 0.4) is 0 Å². The van der Waals surface area contributed by atoms with Crippen molar-refractivity contribution in [3.63, 3.8) is 0 Å². The van der Waals surface area contributed by atoms with Crippen LogP contribution >= 0.6 is 0 Å². The van der Waals surface area contributed by atoms with Gasteiger partial charge in [0.05, 0.1) is 12.3 Å². The number of hydrogen-bond acceptors (Lipinski definition) is 7. The number of rotatable bonds is 9. The minimum atomic E-state index is -0.516. The smallest absolute Gasteiger partial charge is 0.255 e. The SMILES string of the molecule is CCCCCCOc1ccc(C(=O)Nc2cccc3c2OC(c2nn[nH]n2)CO3)cc1. The molecule has 1 unspecified atom stereocenters. The molecule has 0 radical (unpaired) electrons. The van der Waals surface area contributed by atoms with E-state index >= 15 is 0 Å². The lowest BCUT2D eigenvalue weighted by Crippen LogP contribution is -2.24. The average Bonchev–Trinajstić information content (AvgIpc) is 3.34. The summed E-state index contributed by atoms with van der Waals surface area (Å²) in [6.07, 6.45) is 4.09. The lowest BCUT2D eigenvalue weighted by atomic mass is 10.2. The molecule has 0 saturated carbocycles. The summed E-state index contributed by atoms with van der Waals surface area (Å²) in [5.74, 6) is 1.86. The molecule has 1 aliphatic rings. The molecule has 0 aliphatic carbocycles. The molecular weight excluding hydrogens is 398 g/mol. The Morgan fingerprint density at radius 1 is 1.19 bits per heavy atom. The van der Waals surface area contributed by atoms with Crippen molar-refractivity contribution in [2.75, 3.05) is 18.5 Å². The van der Waals surface area contributed by atoms with Gasteiger partial charge in [-0.15, -0.1) is 10.2 Å². The van der Waals surface area contributed by atoms with Crippen LogP contribution in [0.1, 0.15) is 54.9 Å². The van der Waals surface area contributed by atoms with Crippen molar-refractivity contribution in [2.45, 2.75) is 38.7 Å². The third kappa shape index (κ3) is 5.11. The van der Waals surface area contributed by atoms with Crippen LogP contribution in [0.4, 0.5) is 5.69 Å². The van der Waals surface area contributed by atoms with E-state index in [1.807, 2.05) is 0 Å². The number of carbonyl (C=O) groups excluding carboxylic acids is 1. The summed E-state index contributed by atoms with van der Waals surface area (Å²) in [4.78, 5) is 12.8. The first-order valence-electron chi connectivity index (χ1n) is 10.4. The summed E-state index contributed by atoms with van der Waals surface area (Å²) in [5.41, 5.74) is 1.02. The van der Waals surface area contributed by atoms with Crippen LogP contribution in [0.15, 0.2) is 42.5 Å². The molecule has 9 heteroatoms. The monoisotopic (exact) mass is 423 g/mol. The van der Waals surface area contributed by atoms with Crippen LogP contribution in [-0.2, 0) is 0 Å². The number of hydrogen-bond donors (Lipinski definition) is 2. The zero-order valence-corrected chi connectivity index (χ0v) is 17.3. The lowest BCUT2D eigenvalue weighted by Gasteiger charge is -2.26. The Bertz CT molecular complexity index is 992. The van der Waals surface area contributed by atoms with E-state index in [9.17, 15) is 4.79 Å². The number of nitrogens with zero attached hydrogens (tertiary/aromatic N) is 3. The maximum Gasteiger partial charge on any atom is 0.255 e. The van der Waals surface area contributed by atoms with E-state index in [0.29, 0.717) is 35.2 Å². The number of tetrazole rings is 1. The highest BCUT2D eigenvalue weighted by molar-refractivity contribution is 6.05. The number of nitrogens with one attached hydrogen (secondary N) is 2. The topological polar surface area (TPSA) is 111 Å². The number of para-hydroxylation sites is 1. The normalized spacial score (nSPS) is 14.8. The zero-order valence-electron chi connectivity index (χ0n) is 17.3.